The highest BCUT2D eigenvalue weighted by Crippen LogP contribution is 2.16. The van der Waals surface area contributed by atoms with E-state index >= 15 is 0 Å². The standard InChI is InChI=1S/C13H12ClN3O2/c1-8-6-15-3-2-9(8)7-16-12-5-10(13(18)19)4-11(14)17-12/h2-6H,7H2,1H3,(H,16,17)(H,18,19). The van der Waals surface area contributed by atoms with Crippen molar-refractivity contribution in [1.82, 2.24) is 9.97 Å². The smallest absolute Gasteiger partial charge is 0.335 e. The van der Waals surface area contributed by atoms with Gasteiger partial charge < -0.3 is 10.4 Å². The van der Waals surface area contributed by atoms with E-state index in [2.05, 4.69) is 15.3 Å². The number of aromatic nitrogens is 2. The van der Waals surface area contributed by atoms with E-state index in [1.54, 1.807) is 12.4 Å². The summed E-state index contributed by atoms with van der Waals surface area (Å²) in [7, 11) is 0. The Kier molecular flexibility index (Phi) is 3.97. The molecule has 2 heterocycles. The van der Waals surface area contributed by atoms with Crippen molar-refractivity contribution in [2.45, 2.75) is 13.5 Å². The number of hydrogen-bond donors (Lipinski definition) is 2. The lowest BCUT2D eigenvalue weighted by atomic mass is 10.1. The summed E-state index contributed by atoms with van der Waals surface area (Å²) >= 11 is 5.78. The first-order valence-electron chi connectivity index (χ1n) is 5.60. The van der Waals surface area contributed by atoms with Crippen molar-refractivity contribution < 1.29 is 9.90 Å². The molecule has 2 rings (SSSR count). The number of hydrogen-bond acceptors (Lipinski definition) is 4. The summed E-state index contributed by atoms with van der Waals surface area (Å²) in [6, 6.07) is 4.66. The first-order chi connectivity index (χ1) is 9.06. The van der Waals surface area contributed by atoms with Gasteiger partial charge in [0.1, 0.15) is 11.0 Å². The molecule has 0 amide bonds. The van der Waals surface area contributed by atoms with E-state index in [0.717, 1.165) is 11.1 Å². The normalized spacial score (nSPS) is 10.2. The third-order valence-corrected chi connectivity index (χ3v) is 2.83. The summed E-state index contributed by atoms with van der Waals surface area (Å²) in [5.41, 5.74) is 2.22. The molecule has 2 aromatic heterocycles. The van der Waals surface area contributed by atoms with Gasteiger partial charge in [-0.2, -0.15) is 0 Å². The molecule has 0 saturated carbocycles. The molecular weight excluding hydrogens is 266 g/mol. The predicted octanol–water partition coefficient (Wildman–Crippen LogP) is 2.75. The number of aryl methyl sites for hydroxylation is 1. The summed E-state index contributed by atoms with van der Waals surface area (Å²) < 4.78 is 0. The van der Waals surface area contributed by atoms with Crippen LogP contribution in [0.5, 0.6) is 0 Å². The van der Waals surface area contributed by atoms with Crippen molar-refractivity contribution in [2.24, 2.45) is 0 Å². The molecular formula is C13H12ClN3O2. The second-order valence-corrected chi connectivity index (χ2v) is 4.41. The largest absolute Gasteiger partial charge is 0.478 e. The highest BCUT2D eigenvalue weighted by molar-refractivity contribution is 6.29. The van der Waals surface area contributed by atoms with Crippen LogP contribution in [0.3, 0.4) is 0 Å². The number of anilines is 1. The lowest BCUT2D eigenvalue weighted by molar-refractivity contribution is 0.0697. The minimum absolute atomic E-state index is 0.106. The Morgan fingerprint density at radius 1 is 1.47 bits per heavy atom. The maximum atomic E-state index is 10.9. The van der Waals surface area contributed by atoms with Gasteiger partial charge in [-0.25, -0.2) is 9.78 Å². The summed E-state index contributed by atoms with van der Waals surface area (Å²) in [5.74, 6) is -0.603. The van der Waals surface area contributed by atoms with E-state index < -0.39 is 5.97 Å². The van der Waals surface area contributed by atoms with Crippen molar-refractivity contribution in [3.63, 3.8) is 0 Å². The molecule has 0 aliphatic rings. The molecule has 0 radical (unpaired) electrons. The highest BCUT2D eigenvalue weighted by Gasteiger charge is 2.07. The maximum Gasteiger partial charge on any atom is 0.335 e. The van der Waals surface area contributed by atoms with Crippen molar-refractivity contribution in [3.8, 4) is 0 Å². The van der Waals surface area contributed by atoms with Crippen LogP contribution in [-0.2, 0) is 6.54 Å². The number of carboxylic acids is 1. The Morgan fingerprint density at radius 3 is 2.95 bits per heavy atom. The third kappa shape index (κ3) is 3.42. The molecule has 2 N–H and O–H groups in total. The van der Waals surface area contributed by atoms with E-state index in [1.165, 1.54) is 12.1 Å². The van der Waals surface area contributed by atoms with Crippen LogP contribution in [0.15, 0.2) is 30.6 Å². The second kappa shape index (κ2) is 5.67. The van der Waals surface area contributed by atoms with Crippen molar-refractivity contribution in [3.05, 3.63) is 52.4 Å². The van der Waals surface area contributed by atoms with Gasteiger partial charge >= 0.3 is 5.97 Å². The second-order valence-electron chi connectivity index (χ2n) is 4.02. The Hall–Kier alpha value is -2.14. The zero-order valence-electron chi connectivity index (χ0n) is 10.2. The van der Waals surface area contributed by atoms with Gasteiger partial charge in [0.25, 0.3) is 0 Å². The quantitative estimate of drug-likeness (QED) is 0.841. The van der Waals surface area contributed by atoms with Crippen LogP contribution in [0.2, 0.25) is 5.15 Å². The molecule has 98 valence electrons. The lowest BCUT2D eigenvalue weighted by Crippen LogP contribution is -2.05. The average Bonchev–Trinajstić information content (AvgIpc) is 2.37. The topological polar surface area (TPSA) is 75.1 Å². The fourth-order valence-corrected chi connectivity index (χ4v) is 1.81. The molecule has 6 heteroatoms. The zero-order chi connectivity index (χ0) is 13.8. The van der Waals surface area contributed by atoms with Crippen LogP contribution in [0.25, 0.3) is 0 Å². The third-order valence-electron chi connectivity index (χ3n) is 2.64. The Labute approximate surface area is 115 Å². The van der Waals surface area contributed by atoms with Crippen molar-refractivity contribution in [2.75, 3.05) is 5.32 Å². The van der Waals surface area contributed by atoms with Gasteiger partial charge in [0.2, 0.25) is 0 Å². The fraction of sp³-hybridized carbons (Fsp3) is 0.154. The van der Waals surface area contributed by atoms with E-state index in [1.807, 2.05) is 13.0 Å². The van der Waals surface area contributed by atoms with Gasteiger partial charge in [0.05, 0.1) is 5.56 Å². The number of pyridine rings is 2. The summed E-state index contributed by atoms with van der Waals surface area (Å²) in [6.07, 6.45) is 3.48. The molecule has 0 aromatic carbocycles. The first kappa shape index (κ1) is 13.3. The van der Waals surface area contributed by atoms with Crippen molar-refractivity contribution in [1.29, 1.82) is 0 Å². The molecule has 0 spiro atoms. The molecule has 0 bridgehead atoms. The van der Waals surface area contributed by atoms with Crippen LogP contribution in [0, 0.1) is 6.92 Å². The van der Waals surface area contributed by atoms with Gasteiger partial charge in [0.15, 0.2) is 0 Å². The minimum atomic E-state index is -1.03. The van der Waals surface area contributed by atoms with E-state index in [4.69, 9.17) is 16.7 Å². The highest BCUT2D eigenvalue weighted by atomic mass is 35.5. The van der Waals surface area contributed by atoms with Gasteiger partial charge in [-0.1, -0.05) is 11.6 Å². The van der Waals surface area contributed by atoms with Crippen LogP contribution in [0.1, 0.15) is 21.5 Å². The molecule has 0 aliphatic carbocycles. The van der Waals surface area contributed by atoms with Gasteiger partial charge in [0, 0.05) is 18.9 Å². The number of halogens is 1. The summed E-state index contributed by atoms with van der Waals surface area (Å²) in [5, 5.41) is 12.1. The molecule has 0 aliphatic heterocycles. The first-order valence-corrected chi connectivity index (χ1v) is 5.98. The van der Waals surface area contributed by atoms with E-state index in [-0.39, 0.29) is 10.7 Å². The van der Waals surface area contributed by atoms with Gasteiger partial charge in [-0.15, -0.1) is 0 Å². The Bertz CT molecular complexity index is 617. The van der Waals surface area contributed by atoms with Gasteiger partial charge in [-0.05, 0) is 36.2 Å². The monoisotopic (exact) mass is 277 g/mol. The summed E-state index contributed by atoms with van der Waals surface area (Å²) in [4.78, 5) is 19.0. The lowest BCUT2D eigenvalue weighted by Gasteiger charge is -2.08. The van der Waals surface area contributed by atoms with Gasteiger partial charge in [-0.3, -0.25) is 4.98 Å². The number of carboxylic acid groups (broad SMARTS) is 1. The zero-order valence-corrected chi connectivity index (χ0v) is 11.0. The summed E-state index contributed by atoms with van der Waals surface area (Å²) in [6.45, 7) is 2.48. The van der Waals surface area contributed by atoms with Crippen LogP contribution < -0.4 is 5.32 Å². The van der Waals surface area contributed by atoms with E-state index in [0.29, 0.717) is 12.4 Å². The fourth-order valence-electron chi connectivity index (χ4n) is 1.60. The molecule has 0 fully saturated rings. The molecule has 19 heavy (non-hydrogen) atoms. The SMILES string of the molecule is Cc1cnccc1CNc1cc(C(=O)O)cc(Cl)n1. The number of nitrogens with one attached hydrogen (secondary N) is 1. The number of carbonyl (C=O) groups is 1. The average molecular weight is 278 g/mol. The van der Waals surface area contributed by atoms with Crippen LogP contribution in [-0.4, -0.2) is 21.0 Å². The Balaban J connectivity index is 2.16. The van der Waals surface area contributed by atoms with E-state index in [9.17, 15) is 4.79 Å². The maximum absolute atomic E-state index is 10.9. The predicted molar refractivity (Wildman–Crippen MR) is 72.5 cm³/mol. The molecule has 0 unspecified atom stereocenters. The Morgan fingerprint density at radius 2 is 2.26 bits per heavy atom. The number of aromatic carboxylic acids is 1. The minimum Gasteiger partial charge on any atom is -0.478 e. The van der Waals surface area contributed by atoms with Crippen molar-refractivity contribution >= 4 is 23.4 Å². The van der Waals surface area contributed by atoms with Crippen LogP contribution >= 0.6 is 11.6 Å². The molecule has 0 saturated heterocycles. The number of nitrogens with zero attached hydrogens (tertiary/aromatic N) is 2. The van der Waals surface area contributed by atoms with Crippen LogP contribution in [0.4, 0.5) is 5.82 Å². The molecule has 2 aromatic rings. The molecule has 0 atom stereocenters. The number of rotatable bonds is 4. The molecule has 5 nitrogen and oxygen atoms in total.